The number of primary amides is 1. The van der Waals surface area contributed by atoms with Gasteiger partial charge in [0.05, 0.1) is 19.0 Å². The zero-order chi connectivity index (χ0) is 16.9. The Kier molecular flexibility index (Phi) is 5.27. The van der Waals surface area contributed by atoms with Crippen molar-refractivity contribution in [1.82, 2.24) is 4.98 Å². The fraction of sp³-hybridized carbons (Fsp3) is 0.273. The Bertz CT molecular complexity index is 603. The van der Waals surface area contributed by atoms with Crippen LogP contribution in [0.2, 0.25) is 0 Å². The van der Waals surface area contributed by atoms with Gasteiger partial charge in [0, 0.05) is 0 Å². The maximum atomic E-state index is 11.8. The first kappa shape index (κ1) is 17.2. The van der Waals surface area contributed by atoms with Gasteiger partial charge in [0.2, 0.25) is 5.88 Å². The van der Waals surface area contributed by atoms with Gasteiger partial charge in [0.15, 0.2) is 6.61 Å². The van der Waals surface area contributed by atoms with Crippen LogP contribution in [0, 0.1) is 0 Å². The molecule has 1 aromatic rings. The molecule has 1 heterocycles. The molecule has 0 radical (unpaired) electrons. The molecule has 0 aliphatic rings. The maximum absolute atomic E-state index is 11.8. The number of methoxy groups -OCH3 is 1. The van der Waals surface area contributed by atoms with Gasteiger partial charge in [-0.1, -0.05) is 0 Å². The molecule has 0 aliphatic heterocycles. The molecule has 3 N–H and O–H groups in total. The van der Waals surface area contributed by atoms with Crippen molar-refractivity contribution in [3.05, 3.63) is 17.8 Å². The highest BCUT2D eigenvalue weighted by Gasteiger charge is 2.31. The van der Waals surface area contributed by atoms with Crippen LogP contribution in [-0.4, -0.2) is 42.7 Å². The average Bonchev–Trinajstić information content (AvgIpc) is 2.43. The molecule has 0 bridgehead atoms. The number of nitrogens with two attached hydrogens (primary N) is 1. The van der Waals surface area contributed by atoms with E-state index in [1.54, 1.807) is 0 Å². The van der Waals surface area contributed by atoms with Crippen molar-refractivity contribution in [3.8, 4) is 5.88 Å². The maximum Gasteiger partial charge on any atom is 0.422 e. The number of rotatable bonds is 4. The molecule has 8 nitrogen and oxygen atoms in total. The predicted octanol–water partition coefficient (Wildman–Crippen LogP) is 0.233. The van der Waals surface area contributed by atoms with Crippen LogP contribution < -0.4 is 15.8 Å². The standard InChI is InChI=1S/C11H10F3N3O5/c1-21-9-6(7(15)18)2-5(3-16-9)17-8(19)10(20)22-4-11(12,13)14/h2-3H,4H2,1H3,(H2,15,18)(H,17,19). The van der Waals surface area contributed by atoms with E-state index in [1.165, 1.54) is 7.11 Å². The molecule has 0 spiro atoms. The van der Waals surface area contributed by atoms with Crippen LogP contribution in [0.4, 0.5) is 18.9 Å². The van der Waals surface area contributed by atoms with Crippen molar-refractivity contribution < 1.29 is 37.0 Å². The Morgan fingerprint density at radius 3 is 2.50 bits per heavy atom. The minimum atomic E-state index is -4.75. The molecule has 0 fully saturated rings. The quantitative estimate of drug-likeness (QED) is 0.605. The first-order valence-corrected chi connectivity index (χ1v) is 5.52. The van der Waals surface area contributed by atoms with Crippen LogP contribution in [0.3, 0.4) is 0 Å². The van der Waals surface area contributed by atoms with Gasteiger partial charge in [-0.05, 0) is 6.07 Å². The van der Waals surface area contributed by atoms with Gasteiger partial charge < -0.3 is 20.5 Å². The SMILES string of the molecule is COc1ncc(NC(=O)C(=O)OCC(F)(F)F)cc1C(N)=O. The molecular formula is C11H10F3N3O5. The van der Waals surface area contributed by atoms with Gasteiger partial charge in [0.1, 0.15) is 5.56 Å². The summed E-state index contributed by atoms with van der Waals surface area (Å²) in [5.41, 5.74) is 4.72. The Hall–Kier alpha value is -2.85. The van der Waals surface area contributed by atoms with E-state index in [1.807, 2.05) is 5.32 Å². The second-order valence-corrected chi connectivity index (χ2v) is 3.79. The third-order valence-electron chi connectivity index (χ3n) is 2.12. The normalized spacial score (nSPS) is 10.7. The lowest BCUT2D eigenvalue weighted by Crippen LogP contribution is -2.29. The van der Waals surface area contributed by atoms with Crippen LogP contribution in [0.5, 0.6) is 5.88 Å². The number of carbonyl (C=O) groups excluding carboxylic acids is 3. The number of halogens is 3. The van der Waals surface area contributed by atoms with Crippen LogP contribution >= 0.6 is 0 Å². The summed E-state index contributed by atoms with van der Waals surface area (Å²) in [6.07, 6.45) is -3.74. The number of esters is 1. The van der Waals surface area contributed by atoms with Crippen molar-refractivity contribution in [2.75, 3.05) is 19.0 Å². The minimum Gasteiger partial charge on any atom is -0.480 e. The number of nitrogens with one attached hydrogen (secondary N) is 1. The second kappa shape index (κ2) is 6.74. The summed E-state index contributed by atoms with van der Waals surface area (Å²) in [6.45, 7) is -1.90. The summed E-state index contributed by atoms with van der Waals surface area (Å²) in [6, 6.07) is 1.04. The highest BCUT2D eigenvalue weighted by atomic mass is 19.4. The van der Waals surface area contributed by atoms with Gasteiger partial charge in [-0.3, -0.25) is 9.59 Å². The smallest absolute Gasteiger partial charge is 0.422 e. The van der Waals surface area contributed by atoms with Crippen molar-refractivity contribution >= 4 is 23.5 Å². The van der Waals surface area contributed by atoms with E-state index in [0.717, 1.165) is 12.3 Å². The Morgan fingerprint density at radius 1 is 1.36 bits per heavy atom. The largest absolute Gasteiger partial charge is 0.480 e. The number of hydrogen-bond acceptors (Lipinski definition) is 6. The summed E-state index contributed by atoms with van der Waals surface area (Å²) < 4.78 is 44.0. The van der Waals surface area contributed by atoms with Gasteiger partial charge in [0.25, 0.3) is 5.91 Å². The summed E-state index contributed by atoms with van der Waals surface area (Å²) in [7, 11) is 1.22. The number of nitrogens with zero attached hydrogens (tertiary/aromatic N) is 1. The Morgan fingerprint density at radius 2 is 2.00 bits per heavy atom. The molecule has 1 rings (SSSR count). The van der Waals surface area contributed by atoms with Crippen molar-refractivity contribution in [2.45, 2.75) is 6.18 Å². The van der Waals surface area contributed by atoms with E-state index in [4.69, 9.17) is 10.5 Å². The zero-order valence-corrected chi connectivity index (χ0v) is 11.1. The molecule has 0 atom stereocenters. The van der Waals surface area contributed by atoms with E-state index < -0.39 is 30.6 Å². The molecule has 11 heteroatoms. The summed E-state index contributed by atoms with van der Waals surface area (Å²) in [4.78, 5) is 37.2. The molecule has 2 amide bonds. The lowest BCUT2D eigenvalue weighted by molar-refractivity contribution is -0.186. The number of hydrogen-bond donors (Lipinski definition) is 2. The monoisotopic (exact) mass is 321 g/mol. The third kappa shape index (κ3) is 4.92. The fourth-order valence-corrected chi connectivity index (χ4v) is 1.25. The minimum absolute atomic E-state index is 0.120. The molecular weight excluding hydrogens is 311 g/mol. The first-order chi connectivity index (χ1) is 10.1. The molecule has 22 heavy (non-hydrogen) atoms. The van der Waals surface area contributed by atoms with Crippen molar-refractivity contribution in [1.29, 1.82) is 0 Å². The third-order valence-corrected chi connectivity index (χ3v) is 2.12. The molecule has 0 saturated heterocycles. The number of carbonyl (C=O) groups is 3. The van der Waals surface area contributed by atoms with E-state index in [9.17, 15) is 27.6 Å². The van der Waals surface area contributed by atoms with E-state index in [2.05, 4.69) is 9.72 Å². The van der Waals surface area contributed by atoms with E-state index in [-0.39, 0.29) is 17.1 Å². The van der Waals surface area contributed by atoms with Crippen LogP contribution in [0.15, 0.2) is 12.3 Å². The zero-order valence-electron chi connectivity index (χ0n) is 11.1. The number of pyridine rings is 1. The second-order valence-electron chi connectivity index (χ2n) is 3.79. The molecule has 120 valence electrons. The number of ether oxygens (including phenoxy) is 2. The summed E-state index contributed by atoms with van der Waals surface area (Å²) >= 11 is 0. The van der Waals surface area contributed by atoms with Gasteiger partial charge in [-0.25, -0.2) is 9.78 Å². The van der Waals surface area contributed by atoms with Crippen LogP contribution in [0.25, 0.3) is 0 Å². The van der Waals surface area contributed by atoms with Crippen molar-refractivity contribution in [2.24, 2.45) is 5.73 Å². The molecule has 0 unspecified atom stereocenters. The Labute approximate surface area is 121 Å². The van der Waals surface area contributed by atoms with E-state index >= 15 is 0 Å². The molecule has 0 aromatic carbocycles. The van der Waals surface area contributed by atoms with Crippen molar-refractivity contribution in [3.63, 3.8) is 0 Å². The summed E-state index contributed by atoms with van der Waals surface area (Å²) in [5.74, 6) is -4.24. The highest BCUT2D eigenvalue weighted by Crippen LogP contribution is 2.19. The molecule has 1 aromatic heterocycles. The van der Waals surface area contributed by atoms with Gasteiger partial charge in [-0.15, -0.1) is 0 Å². The molecule has 0 aliphatic carbocycles. The van der Waals surface area contributed by atoms with Crippen LogP contribution in [0.1, 0.15) is 10.4 Å². The lowest BCUT2D eigenvalue weighted by atomic mass is 10.2. The first-order valence-electron chi connectivity index (χ1n) is 5.52. The lowest BCUT2D eigenvalue weighted by Gasteiger charge is -2.09. The van der Waals surface area contributed by atoms with Crippen LogP contribution in [-0.2, 0) is 14.3 Å². The van der Waals surface area contributed by atoms with Gasteiger partial charge in [-0.2, -0.15) is 13.2 Å². The number of alkyl halides is 3. The number of aromatic nitrogens is 1. The topological polar surface area (TPSA) is 121 Å². The Balaban J connectivity index is 2.78. The highest BCUT2D eigenvalue weighted by molar-refractivity contribution is 6.37. The summed E-state index contributed by atoms with van der Waals surface area (Å²) in [5, 5.41) is 1.92. The number of amides is 2. The molecule has 0 saturated carbocycles. The average molecular weight is 321 g/mol. The van der Waals surface area contributed by atoms with Gasteiger partial charge >= 0.3 is 18.1 Å². The number of anilines is 1. The van der Waals surface area contributed by atoms with E-state index in [0.29, 0.717) is 0 Å². The predicted molar refractivity (Wildman–Crippen MR) is 65.0 cm³/mol. The fourth-order valence-electron chi connectivity index (χ4n) is 1.25.